The van der Waals surface area contributed by atoms with Gasteiger partial charge in [0.15, 0.2) is 0 Å². The van der Waals surface area contributed by atoms with Crippen LogP contribution in [0.5, 0.6) is 0 Å². The Balaban J connectivity index is 1.82. The molecule has 5 nitrogen and oxygen atoms in total. The van der Waals surface area contributed by atoms with Gasteiger partial charge in [0.25, 0.3) is 0 Å². The first-order chi connectivity index (χ1) is 12.0. The zero-order chi connectivity index (χ0) is 17.9. The number of methoxy groups -OCH3 is 1. The Labute approximate surface area is 148 Å². The summed E-state index contributed by atoms with van der Waals surface area (Å²) in [5.74, 6) is -0.480. The van der Waals surface area contributed by atoms with Crippen LogP contribution < -0.4 is 0 Å². The van der Waals surface area contributed by atoms with Gasteiger partial charge >= 0.3 is 5.97 Å². The summed E-state index contributed by atoms with van der Waals surface area (Å²) in [4.78, 5) is 11.7. The second-order valence-corrected chi connectivity index (χ2v) is 8.01. The van der Waals surface area contributed by atoms with E-state index in [1.165, 1.54) is 31.4 Å². The molecule has 1 atom stereocenters. The van der Waals surface area contributed by atoms with Gasteiger partial charge in [-0.2, -0.15) is 4.31 Å². The van der Waals surface area contributed by atoms with E-state index in [2.05, 4.69) is 4.74 Å². The highest BCUT2D eigenvalue weighted by Crippen LogP contribution is 2.28. The number of ether oxygens (including phenoxy) is 1. The van der Waals surface area contributed by atoms with E-state index in [9.17, 15) is 13.2 Å². The fourth-order valence-corrected chi connectivity index (χ4v) is 4.92. The van der Waals surface area contributed by atoms with Crippen LogP contribution in [0.1, 0.15) is 28.8 Å². The Morgan fingerprint density at radius 2 is 1.80 bits per heavy atom. The third-order valence-electron chi connectivity index (χ3n) is 4.52. The van der Waals surface area contributed by atoms with Crippen molar-refractivity contribution in [1.29, 1.82) is 0 Å². The van der Waals surface area contributed by atoms with Gasteiger partial charge in [-0.1, -0.05) is 30.3 Å². The Kier molecular flexibility index (Phi) is 5.20. The highest BCUT2D eigenvalue weighted by atomic mass is 32.2. The fourth-order valence-electron chi connectivity index (χ4n) is 3.23. The van der Waals surface area contributed by atoms with Gasteiger partial charge in [0.1, 0.15) is 0 Å². The molecule has 0 bridgehead atoms. The first kappa shape index (κ1) is 17.6. The van der Waals surface area contributed by atoms with Gasteiger partial charge in [0, 0.05) is 12.6 Å². The number of nitrogens with zero attached hydrogens (tertiary/aromatic N) is 1. The van der Waals surface area contributed by atoms with Crippen molar-refractivity contribution in [3.05, 3.63) is 65.7 Å². The van der Waals surface area contributed by atoms with E-state index in [1.807, 2.05) is 30.3 Å². The SMILES string of the molecule is COC(=O)c1ccc(S(=O)(=O)N2CCCC2Cc2ccccc2)cc1. The predicted octanol–water partition coefficient (Wildman–Crippen LogP) is 2.87. The summed E-state index contributed by atoms with van der Waals surface area (Å²) in [6.45, 7) is 0.526. The van der Waals surface area contributed by atoms with Gasteiger partial charge in [-0.3, -0.25) is 0 Å². The van der Waals surface area contributed by atoms with Crippen LogP contribution >= 0.6 is 0 Å². The van der Waals surface area contributed by atoms with Crippen LogP contribution in [0.2, 0.25) is 0 Å². The van der Waals surface area contributed by atoms with Crippen LogP contribution in [-0.2, 0) is 21.2 Å². The molecule has 132 valence electrons. The van der Waals surface area contributed by atoms with E-state index in [1.54, 1.807) is 4.31 Å². The fraction of sp³-hybridized carbons (Fsp3) is 0.316. The van der Waals surface area contributed by atoms with E-state index < -0.39 is 16.0 Å². The molecule has 1 aliphatic heterocycles. The molecular weight excluding hydrogens is 338 g/mol. The number of hydrogen-bond acceptors (Lipinski definition) is 4. The molecule has 1 saturated heterocycles. The number of hydrogen-bond donors (Lipinski definition) is 0. The Morgan fingerprint density at radius 1 is 1.12 bits per heavy atom. The van der Waals surface area contributed by atoms with Crippen LogP contribution in [0.25, 0.3) is 0 Å². The monoisotopic (exact) mass is 359 g/mol. The van der Waals surface area contributed by atoms with Crippen LogP contribution in [0.4, 0.5) is 0 Å². The van der Waals surface area contributed by atoms with E-state index in [4.69, 9.17) is 0 Å². The van der Waals surface area contributed by atoms with Crippen molar-refractivity contribution < 1.29 is 17.9 Å². The molecule has 1 unspecified atom stereocenters. The highest BCUT2D eigenvalue weighted by molar-refractivity contribution is 7.89. The van der Waals surface area contributed by atoms with E-state index in [0.717, 1.165) is 18.4 Å². The van der Waals surface area contributed by atoms with E-state index >= 15 is 0 Å². The van der Waals surface area contributed by atoms with Crippen LogP contribution in [0.3, 0.4) is 0 Å². The molecule has 0 saturated carbocycles. The quantitative estimate of drug-likeness (QED) is 0.770. The second kappa shape index (κ2) is 7.37. The maximum absolute atomic E-state index is 13.0. The van der Waals surface area contributed by atoms with Gasteiger partial charge in [0.05, 0.1) is 17.6 Å². The number of esters is 1. The summed E-state index contributed by atoms with van der Waals surface area (Å²) in [6, 6.07) is 15.8. The van der Waals surface area contributed by atoms with Gasteiger partial charge < -0.3 is 4.74 Å². The molecule has 0 aromatic heterocycles. The number of carbonyl (C=O) groups is 1. The zero-order valence-electron chi connectivity index (χ0n) is 14.1. The van der Waals surface area contributed by atoms with Crippen molar-refractivity contribution in [2.45, 2.75) is 30.2 Å². The summed E-state index contributed by atoms with van der Waals surface area (Å²) in [6.07, 6.45) is 2.42. The topological polar surface area (TPSA) is 63.7 Å². The molecule has 0 spiro atoms. The Bertz CT molecular complexity index is 831. The van der Waals surface area contributed by atoms with Crippen molar-refractivity contribution >= 4 is 16.0 Å². The lowest BCUT2D eigenvalue weighted by atomic mass is 10.1. The van der Waals surface area contributed by atoms with Crippen LogP contribution in [-0.4, -0.2) is 38.4 Å². The largest absolute Gasteiger partial charge is 0.465 e. The summed E-state index contributed by atoms with van der Waals surface area (Å²) in [5, 5.41) is 0. The maximum atomic E-state index is 13.0. The normalized spacial score (nSPS) is 18.2. The summed E-state index contributed by atoms with van der Waals surface area (Å²) in [5.41, 5.74) is 1.47. The lowest BCUT2D eigenvalue weighted by molar-refractivity contribution is 0.0600. The molecule has 2 aromatic rings. The molecule has 0 N–H and O–H groups in total. The zero-order valence-corrected chi connectivity index (χ0v) is 14.9. The van der Waals surface area contributed by atoms with Crippen molar-refractivity contribution in [2.24, 2.45) is 0 Å². The van der Waals surface area contributed by atoms with Gasteiger partial charge in [-0.15, -0.1) is 0 Å². The third-order valence-corrected chi connectivity index (χ3v) is 6.49. The molecule has 0 amide bonds. The first-order valence-corrected chi connectivity index (χ1v) is 9.70. The molecule has 1 aliphatic rings. The van der Waals surface area contributed by atoms with Crippen molar-refractivity contribution in [1.82, 2.24) is 4.31 Å². The standard InChI is InChI=1S/C19H21NO4S/c1-24-19(21)16-9-11-18(12-10-16)25(22,23)20-13-5-8-17(20)14-15-6-3-2-4-7-15/h2-4,6-7,9-12,17H,5,8,13-14H2,1H3. The number of sulfonamides is 1. The summed E-state index contributed by atoms with van der Waals surface area (Å²) in [7, 11) is -2.28. The third kappa shape index (κ3) is 3.75. The van der Waals surface area contributed by atoms with Crippen molar-refractivity contribution in [3.8, 4) is 0 Å². The van der Waals surface area contributed by atoms with Crippen LogP contribution in [0, 0.1) is 0 Å². The Morgan fingerprint density at radius 3 is 2.44 bits per heavy atom. The maximum Gasteiger partial charge on any atom is 0.337 e. The average molecular weight is 359 g/mol. The lowest BCUT2D eigenvalue weighted by Gasteiger charge is -2.24. The molecule has 0 aliphatic carbocycles. The molecule has 0 radical (unpaired) electrons. The molecule has 1 heterocycles. The average Bonchev–Trinajstić information content (AvgIpc) is 3.11. The number of benzene rings is 2. The van der Waals surface area contributed by atoms with Gasteiger partial charge in [-0.05, 0) is 49.1 Å². The molecule has 1 fully saturated rings. The Hall–Kier alpha value is -2.18. The highest BCUT2D eigenvalue weighted by Gasteiger charge is 2.35. The molecular formula is C19H21NO4S. The van der Waals surface area contributed by atoms with Crippen molar-refractivity contribution in [2.75, 3.05) is 13.7 Å². The number of rotatable bonds is 5. The molecule has 2 aromatic carbocycles. The minimum absolute atomic E-state index is 0.0346. The molecule has 3 rings (SSSR count). The summed E-state index contributed by atoms with van der Waals surface area (Å²) < 4.78 is 32.2. The molecule has 25 heavy (non-hydrogen) atoms. The van der Waals surface area contributed by atoms with Crippen molar-refractivity contribution in [3.63, 3.8) is 0 Å². The van der Waals surface area contributed by atoms with Gasteiger partial charge in [0.2, 0.25) is 10.0 Å². The lowest BCUT2D eigenvalue weighted by Crippen LogP contribution is -2.36. The van der Waals surface area contributed by atoms with Crippen LogP contribution in [0.15, 0.2) is 59.5 Å². The predicted molar refractivity (Wildman–Crippen MR) is 94.8 cm³/mol. The van der Waals surface area contributed by atoms with E-state index in [0.29, 0.717) is 18.5 Å². The molecule has 6 heteroatoms. The minimum atomic E-state index is -3.58. The summed E-state index contributed by atoms with van der Waals surface area (Å²) >= 11 is 0. The number of carbonyl (C=O) groups excluding carboxylic acids is 1. The minimum Gasteiger partial charge on any atom is -0.465 e. The smallest absolute Gasteiger partial charge is 0.337 e. The second-order valence-electron chi connectivity index (χ2n) is 6.12. The van der Waals surface area contributed by atoms with E-state index in [-0.39, 0.29) is 10.9 Å². The van der Waals surface area contributed by atoms with Gasteiger partial charge in [-0.25, -0.2) is 13.2 Å². The first-order valence-electron chi connectivity index (χ1n) is 8.26.